The number of nitrogens with one attached hydrogen (secondary N) is 2. The highest BCUT2D eigenvalue weighted by Gasteiger charge is 2.05. The second-order valence-corrected chi connectivity index (χ2v) is 6.85. The van der Waals surface area contributed by atoms with Crippen LogP contribution in [0.25, 0.3) is 10.8 Å². The van der Waals surface area contributed by atoms with Crippen molar-refractivity contribution in [2.45, 2.75) is 13.3 Å². The van der Waals surface area contributed by atoms with Crippen LogP contribution in [0.1, 0.15) is 12.1 Å². The fraction of sp³-hybridized carbons (Fsp3) is 0.357. The van der Waals surface area contributed by atoms with Gasteiger partial charge in [0, 0.05) is 47.1 Å². The topological polar surface area (TPSA) is 97.1 Å². The molecule has 1 aromatic heterocycles. The van der Waals surface area contributed by atoms with Crippen molar-refractivity contribution in [1.29, 1.82) is 0 Å². The number of pyridine rings is 1. The Balaban J connectivity index is 2.05. The van der Waals surface area contributed by atoms with Crippen molar-refractivity contribution in [3.63, 3.8) is 0 Å². The molecule has 0 atom stereocenters. The normalized spacial score (nSPS) is 11.7. The number of aryl methyl sites for hydroxylation is 1. The van der Waals surface area contributed by atoms with E-state index in [9.17, 15) is 8.42 Å². The van der Waals surface area contributed by atoms with Gasteiger partial charge in [0.05, 0.1) is 6.26 Å². The molecule has 0 amide bonds. The Morgan fingerprint density at radius 2 is 2.00 bits per heavy atom. The first-order chi connectivity index (χ1) is 9.87. The molecule has 0 spiro atoms. The minimum atomic E-state index is -3.12. The molecule has 21 heavy (non-hydrogen) atoms. The van der Waals surface area contributed by atoms with Crippen LogP contribution in [0.3, 0.4) is 0 Å². The first-order valence-electron chi connectivity index (χ1n) is 6.70. The largest absolute Gasteiger partial charge is 0.398 e. The molecule has 6 nitrogen and oxygen atoms in total. The van der Waals surface area contributed by atoms with Gasteiger partial charge in [-0.05, 0) is 31.5 Å². The summed E-state index contributed by atoms with van der Waals surface area (Å²) < 4.78 is 24.4. The molecule has 0 unspecified atom stereocenters. The molecule has 4 N–H and O–H groups in total. The minimum Gasteiger partial charge on any atom is -0.398 e. The lowest BCUT2D eigenvalue weighted by atomic mass is 10.1. The number of nitrogen functional groups attached to an aromatic ring is 1. The number of nitrogens with two attached hydrogens (primary N) is 1. The summed E-state index contributed by atoms with van der Waals surface area (Å²) in [6.45, 7) is 3.02. The Labute approximate surface area is 124 Å². The van der Waals surface area contributed by atoms with Gasteiger partial charge in [0.15, 0.2) is 0 Å². The van der Waals surface area contributed by atoms with E-state index < -0.39 is 10.0 Å². The maximum Gasteiger partial charge on any atom is 0.208 e. The third-order valence-corrected chi connectivity index (χ3v) is 3.83. The molecule has 114 valence electrons. The monoisotopic (exact) mass is 308 g/mol. The summed E-state index contributed by atoms with van der Waals surface area (Å²) in [5, 5.41) is 5.25. The van der Waals surface area contributed by atoms with Gasteiger partial charge in [0.1, 0.15) is 0 Å². The zero-order chi connectivity index (χ0) is 15.5. The lowest BCUT2D eigenvalue weighted by molar-refractivity contribution is 0.586. The molecule has 1 heterocycles. The van der Waals surface area contributed by atoms with E-state index in [2.05, 4.69) is 15.0 Å². The number of fused-ring (bicyclic) bond motifs is 1. The summed E-state index contributed by atoms with van der Waals surface area (Å²) in [4.78, 5) is 4.26. The van der Waals surface area contributed by atoms with E-state index in [-0.39, 0.29) is 0 Å². The Kier molecular flexibility index (Phi) is 4.64. The van der Waals surface area contributed by atoms with Crippen LogP contribution in [-0.2, 0) is 10.0 Å². The van der Waals surface area contributed by atoms with E-state index in [1.807, 2.05) is 25.1 Å². The lowest BCUT2D eigenvalue weighted by Gasteiger charge is -2.12. The van der Waals surface area contributed by atoms with E-state index in [0.29, 0.717) is 25.2 Å². The highest BCUT2D eigenvalue weighted by Crippen LogP contribution is 2.28. The SMILES string of the molecule is Cc1cc2c(NCCCNS(C)(=O)=O)ccc(N)c2cn1. The number of hydrogen-bond donors (Lipinski definition) is 3. The van der Waals surface area contributed by atoms with E-state index >= 15 is 0 Å². The summed E-state index contributed by atoms with van der Waals surface area (Å²) in [5.41, 5.74) is 8.55. The van der Waals surface area contributed by atoms with Crippen LogP contribution >= 0.6 is 0 Å². The van der Waals surface area contributed by atoms with Gasteiger partial charge in [-0.1, -0.05) is 0 Å². The van der Waals surface area contributed by atoms with Crippen molar-refractivity contribution in [3.05, 3.63) is 30.1 Å². The minimum absolute atomic E-state index is 0.416. The molecule has 2 rings (SSSR count). The summed E-state index contributed by atoms with van der Waals surface area (Å²) in [5.74, 6) is 0. The van der Waals surface area contributed by atoms with Crippen molar-refractivity contribution < 1.29 is 8.42 Å². The number of rotatable bonds is 6. The smallest absolute Gasteiger partial charge is 0.208 e. The molecular formula is C14H20N4O2S. The molecule has 0 aliphatic heterocycles. The maximum absolute atomic E-state index is 11.0. The summed E-state index contributed by atoms with van der Waals surface area (Å²) in [6, 6.07) is 5.76. The van der Waals surface area contributed by atoms with Crippen molar-refractivity contribution in [1.82, 2.24) is 9.71 Å². The number of sulfonamides is 1. The number of aromatic nitrogens is 1. The Morgan fingerprint density at radius 3 is 2.71 bits per heavy atom. The molecule has 0 aliphatic carbocycles. The van der Waals surface area contributed by atoms with Crippen LogP contribution in [0.15, 0.2) is 24.4 Å². The molecule has 1 aromatic carbocycles. The highest BCUT2D eigenvalue weighted by atomic mass is 32.2. The van der Waals surface area contributed by atoms with Crippen LogP contribution in [0.2, 0.25) is 0 Å². The Bertz CT molecular complexity index is 744. The van der Waals surface area contributed by atoms with Crippen LogP contribution in [0.5, 0.6) is 0 Å². The number of benzene rings is 1. The number of anilines is 2. The van der Waals surface area contributed by atoms with Crippen LogP contribution < -0.4 is 15.8 Å². The standard InChI is InChI=1S/C14H20N4O2S/c1-10-8-11-12(9-17-10)13(15)4-5-14(11)16-6-3-7-18-21(2,19)20/h4-5,8-9,16,18H,3,6-7,15H2,1-2H3. The number of hydrogen-bond acceptors (Lipinski definition) is 5. The van der Waals surface area contributed by atoms with Crippen LogP contribution in [0.4, 0.5) is 11.4 Å². The van der Waals surface area contributed by atoms with Gasteiger partial charge in [0.25, 0.3) is 0 Å². The van der Waals surface area contributed by atoms with Crippen LogP contribution in [-0.4, -0.2) is 32.7 Å². The van der Waals surface area contributed by atoms with E-state index in [1.54, 1.807) is 6.20 Å². The van der Waals surface area contributed by atoms with Crippen LogP contribution in [0, 0.1) is 6.92 Å². The van der Waals surface area contributed by atoms with Gasteiger partial charge in [-0.2, -0.15) is 0 Å². The predicted molar refractivity (Wildman–Crippen MR) is 86.8 cm³/mol. The average Bonchev–Trinajstić information content (AvgIpc) is 2.39. The van der Waals surface area contributed by atoms with E-state index in [4.69, 9.17) is 5.73 Å². The van der Waals surface area contributed by atoms with Crippen molar-refractivity contribution >= 4 is 32.2 Å². The summed E-state index contributed by atoms with van der Waals surface area (Å²) in [6.07, 6.45) is 3.63. The third kappa shape index (κ3) is 4.30. The molecule has 7 heteroatoms. The van der Waals surface area contributed by atoms with Crippen molar-refractivity contribution in [2.24, 2.45) is 0 Å². The molecular weight excluding hydrogens is 288 g/mol. The molecule has 0 bridgehead atoms. The molecule has 0 radical (unpaired) electrons. The van der Waals surface area contributed by atoms with Gasteiger partial charge < -0.3 is 11.1 Å². The predicted octanol–water partition coefficient (Wildman–Crippen LogP) is 1.48. The van der Waals surface area contributed by atoms with Gasteiger partial charge in [-0.25, -0.2) is 13.1 Å². The lowest BCUT2D eigenvalue weighted by Crippen LogP contribution is -2.24. The first-order valence-corrected chi connectivity index (χ1v) is 8.59. The van der Waals surface area contributed by atoms with Gasteiger partial charge in [-0.3, -0.25) is 4.98 Å². The summed E-state index contributed by atoms with van der Waals surface area (Å²) in [7, 11) is -3.12. The second kappa shape index (κ2) is 6.28. The molecule has 0 saturated heterocycles. The van der Waals surface area contributed by atoms with E-state index in [0.717, 1.165) is 28.4 Å². The zero-order valence-corrected chi connectivity index (χ0v) is 13.0. The maximum atomic E-state index is 11.0. The first kappa shape index (κ1) is 15.5. The molecule has 0 fully saturated rings. The average molecular weight is 308 g/mol. The Hall–Kier alpha value is -1.86. The zero-order valence-electron chi connectivity index (χ0n) is 12.2. The quantitative estimate of drug-likeness (QED) is 0.555. The fourth-order valence-corrected chi connectivity index (χ4v) is 2.60. The van der Waals surface area contributed by atoms with Gasteiger partial charge in [0.2, 0.25) is 10.0 Å². The highest BCUT2D eigenvalue weighted by molar-refractivity contribution is 7.88. The third-order valence-electron chi connectivity index (χ3n) is 3.10. The Morgan fingerprint density at radius 1 is 1.24 bits per heavy atom. The fourth-order valence-electron chi connectivity index (χ4n) is 2.09. The molecule has 2 aromatic rings. The second-order valence-electron chi connectivity index (χ2n) is 5.02. The summed E-state index contributed by atoms with van der Waals surface area (Å²) >= 11 is 0. The van der Waals surface area contributed by atoms with E-state index in [1.165, 1.54) is 0 Å². The molecule has 0 saturated carbocycles. The number of nitrogens with zero attached hydrogens (tertiary/aromatic N) is 1. The van der Waals surface area contributed by atoms with Gasteiger partial charge >= 0.3 is 0 Å². The van der Waals surface area contributed by atoms with Crippen molar-refractivity contribution in [2.75, 3.05) is 30.4 Å². The van der Waals surface area contributed by atoms with Gasteiger partial charge in [-0.15, -0.1) is 0 Å². The molecule has 0 aliphatic rings. The van der Waals surface area contributed by atoms with Crippen molar-refractivity contribution in [3.8, 4) is 0 Å².